The summed E-state index contributed by atoms with van der Waals surface area (Å²) in [7, 11) is 2.92. The van der Waals surface area contributed by atoms with E-state index in [0.29, 0.717) is 11.5 Å². The van der Waals surface area contributed by atoms with Crippen molar-refractivity contribution in [3.05, 3.63) is 23.8 Å². The summed E-state index contributed by atoms with van der Waals surface area (Å²) >= 11 is 0. The number of aliphatic hydroxyl groups is 1. The molecular weight excluding hydrogens is 266 g/mol. The lowest BCUT2D eigenvalue weighted by atomic mass is 10.1. The normalized spacial score (nSPS) is 11.6. The molecule has 0 aliphatic heterocycles. The number of benzene rings is 1. The number of carboxylic acid groups (broad SMARTS) is 1. The largest absolute Gasteiger partial charge is 0.497 e. The van der Waals surface area contributed by atoms with Crippen LogP contribution < -0.4 is 14.8 Å². The number of aliphatic hydroxyl groups excluding tert-OH is 1. The van der Waals surface area contributed by atoms with E-state index in [4.69, 9.17) is 19.7 Å². The summed E-state index contributed by atoms with van der Waals surface area (Å²) in [5.74, 6) is -0.875. The van der Waals surface area contributed by atoms with Crippen LogP contribution in [0.15, 0.2) is 18.2 Å². The zero-order valence-electron chi connectivity index (χ0n) is 11.3. The Hall–Kier alpha value is -2.28. The number of hydrogen-bond acceptors (Lipinski definition) is 5. The second-order valence-corrected chi connectivity index (χ2v) is 3.96. The van der Waals surface area contributed by atoms with E-state index in [1.54, 1.807) is 12.1 Å². The van der Waals surface area contributed by atoms with E-state index in [0.717, 1.165) is 0 Å². The molecule has 20 heavy (non-hydrogen) atoms. The first kappa shape index (κ1) is 15.8. The number of ether oxygens (including phenoxy) is 2. The van der Waals surface area contributed by atoms with E-state index in [9.17, 15) is 9.59 Å². The molecule has 1 unspecified atom stereocenters. The zero-order valence-corrected chi connectivity index (χ0v) is 11.3. The Morgan fingerprint density at radius 2 is 2.00 bits per heavy atom. The van der Waals surface area contributed by atoms with Gasteiger partial charge in [-0.3, -0.25) is 4.79 Å². The van der Waals surface area contributed by atoms with Gasteiger partial charge in [-0.05, 0) is 18.2 Å². The molecule has 0 fully saturated rings. The van der Waals surface area contributed by atoms with Crippen LogP contribution in [0, 0.1) is 0 Å². The number of amides is 1. The van der Waals surface area contributed by atoms with Crippen LogP contribution in [0.4, 0.5) is 0 Å². The molecule has 7 nitrogen and oxygen atoms in total. The zero-order chi connectivity index (χ0) is 15.1. The van der Waals surface area contributed by atoms with Gasteiger partial charge in [-0.15, -0.1) is 0 Å². The van der Waals surface area contributed by atoms with Crippen molar-refractivity contribution in [1.29, 1.82) is 0 Å². The van der Waals surface area contributed by atoms with Gasteiger partial charge in [-0.25, -0.2) is 4.79 Å². The number of aliphatic carboxylic acids is 1. The van der Waals surface area contributed by atoms with Crippen LogP contribution in [0.3, 0.4) is 0 Å². The van der Waals surface area contributed by atoms with Crippen molar-refractivity contribution in [3.63, 3.8) is 0 Å². The van der Waals surface area contributed by atoms with Gasteiger partial charge in [0.25, 0.3) is 5.91 Å². The Labute approximate surface area is 116 Å². The molecule has 1 atom stereocenters. The van der Waals surface area contributed by atoms with E-state index in [1.165, 1.54) is 20.3 Å². The van der Waals surface area contributed by atoms with Gasteiger partial charge in [0.05, 0.1) is 19.8 Å². The first-order valence-corrected chi connectivity index (χ1v) is 5.90. The standard InChI is InChI=1S/C13H17NO6/c1-19-8-3-4-11(20-2)9(7-8)12(16)14-6-5-10(15)13(17)18/h3-4,7,10,15H,5-6H2,1-2H3,(H,14,16)(H,17,18). The van der Waals surface area contributed by atoms with Gasteiger partial charge in [0.15, 0.2) is 6.10 Å². The van der Waals surface area contributed by atoms with Gasteiger partial charge in [0.2, 0.25) is 0 Å². The van der Waals surface area contributed by atoms with Gasteiger partial charge < -0.3 is 25.0 Å². The van der Waals surface area contributed by atoms with Crippen LogP contribution in [0.25, 0.3) is 0 Å². The highest BCUT2D eigenvalue weighted by Gasteiger charge is 2.16. The van der Waals surface area contributed by atoms with Gasteiger partial charge in [0.1, 0.15) is 11.5 Å². The number of carbonyl (C=O) groups is 2. The van der Waals surface area contributed by atoms with E-state index >= 15 is 0 Å². The molecular formula is C13H17NO6. The molecule has 0 aliphatic carbocycles. The molecule has 0 heterocycles. The SMILES string of the molecule is COc1ccc(OC)c(C(=O)NCCC(O)C(=O)O)c1. The fourth-order valence-corrected chi connectivity index (χ4v) is 1.53. The van der Waals surface area contributed by atoms with Crippen molar-refractivity contribution < 1.29 is 29.3 Å². The predicted octanol–water partition coefficient (Wildman–Crippen LogP) is 0.269. The maximum absolute atomic E-state index is 12.0. The van der Waals surface area contributed by atoms with E-state index in [-0.39, 0.29) is 18.5 Å². The van der Waals surface area contributed by atoms with Crippen LogP contribution in [0.2, 0.25) is 0 Å². The fraction of sp³-hybridized carbons (Fsp3) is 0.385. The first-order valence-electron chi connectivity index (χ1n) is 5.90. The predicted molar refractivity (Wildman–Crippen MR) is 70.1 cm³/mol. The fourth-order valence-electron chi connectivity index (χ4n) is 1.53. The van der Waals surface area contributed by atoms with Gasteiger partial charge >= 0.3 is 5.97 Å². The molecule has 0 spiro atoms. The summed E-state index contributed by atoms with van der Waals surface area (Å²) in [5, 5.41) is 20.1. The maximum atomic E-state index is 12.0. The third kappa shape index (κ3) is 4.13. The summed E-state index contributed by atoms with van der Waals surface area (Å²) < 4.78 is 10.1. The summed E-state index contributed by atoms with van der Waals surface area (Å²) in [5.41, 5.74) is 0.275. The summed E-state index contributed by atoms with van der Waals surface area (Å²) in [6.07, 6.45) is -1.57. The summed E-state index contributed by atoms with van der Waals surface area (Å²) in [6.45, 7) is 0.0344. The molecule has 0 saturated heterocycles. The maximum Gasteiger partial charge on any atom is 0.332 e. The van der Waals surface area contributed by atoms with Crippen molar-refractivity contribution in [2.45, 2.75) is 12.5 Å². The first-order chi connectivity index (χ1) is 9.49. The number of methoxy groups -OCH3 is 2. The van der Waals surface area contributed by atoms with Crippen LogP contribution in [-0.4, -0.2) is 49.0 Å². The van der Waals surface area contributed by atoms with Crippen molar-refractivity contribution in [2.24, 2.45) is 0 Å². The Morgan fingerprint density at radius 1 is 1.30 bits per heavy atom. The van der Waals surface area contributed by atoms with Crippen molar-refractivity contribution >= 4 is 11.9 Å². The number of nitrogens with one attached hydrogen (secondary N) is 1. The lowest BCUT2D eigenvalue weighted by Gasteiger charge is -2.11. The molecule has 0 aliphatic rings. The number of carbonyl (C=O) groups excluding carboxylic acids is 1. The van der Waals surface area contributed by atoms with Crippen LogP contribution in [0.5, 0.6) is 11.5 Å². The smallest absolute Gasteiger partial charge is 0.332 e. The monoisotopic (exact) mass is 283 g/mol. The molecule has 0 aromatic heterocycles. The lowest BCUT2D eigenvalue weighted by molar-refractivity contribution is -0.146. The van der Waals surface area contributed by atoms with Crippen LogP contribution in [0.1, 0.15) is 16.8 Å². The van der Waals surface area contributed by atoms with Crippen LogP contribution in [-0.2, 0) is 4.79 Å². The summed E-state index contributed by atoms with van der Waals surface area (Å²) in [4.78, 5) is 22.4. The number of hydrogen-bond donors (Lipinski definition) is 3. The minimum atomic E-state index is -1.50. The average molecular weight is 283 g/mol. The molecule has 0 radical (unpaired) electrons. The summed E-state index contributed by atoms with van der Waals surface area (Å²) in [6, 6.07) is 4.77. The second-order valence-electron chi connectivity index (χ2n) is 3.96. The number of rotatable bonds is 7. The highest BCUT2D eigenvalue weighted by molar-refractivity contribution is 5.97. The Bertz CT molecular complexity index is 488. The molecule has 1 aromatic rings. The topological polar surface area (TPSA) is 105 Å². The van der Waals surface area contributed by atoms with Gasteiger partial charge in [-0.2, -0.15) is 0 Å². The Morgan fingerprint density at radius 3 is 2.55 bits per heavy atom. The highest BCUT2D eigenvalue weighted by Crippen LogP contribution is 2.23. The Kier molecular flexibility index (Phi) is 5.79. The third-order valence-corrected chi connectivity index (χ3v) is 2.64. The lowest BCUT2D eigenvalue weighted by Crippen LogP contribution is -2.30. The van der Waals surface area contributed by atoms with E-state index in [1.807, 2.05) is 0 Å². The molecule has 0 bridgehead atoms. The molecule has 1 rings (SSSR count). The van der Waals surface area contributed by atoms with Crippen molar-refractivity contribution in [1.82, 2.24) is 5.32 Å². The van der Waals surface area contributed by atoms with Crippen LogP contribution >= 0.6 is 0 Å². The minimum Gasteiger partial charge on any atom is -0.497 e. The second kappa shape index (κ2) is 7.34. The highest BCUT2D eigenvalue weighted by atomic mass is 16.5. The molecule has 3 N–H and O–H groups in total. The van der Waals surface area contributed by atoms with Gasteiger partial charge in [-0.1, -0.05) is 0 Å². The molecule has 7 heteroatoms. The van der Waals surface area contributed by atoms with E-state index < -0.39 is 18.0 Å². The molecule has 0 saturated carbocycles. The minimum absolute atomic E-state index is 0.0344. The molecule has 110 valence electrons. The van der Waals surface area contributed by atoms with E-state index in [2.05, 4.69) is 5.32 Å². The number of carboxylic acids is 1. The van der Waals surface area contributed by atoms with Crippen molar-refractivity contribution in [2.75, 3.05) is 20.8 Å². The average Bonchev–Trinajstić information content (AvgIpc) is 2.45. The molecule has 1 amide bonds. The third-order valence-electron chi connectivity index (χ3n) is 2.64. The molecule has 1 aromatic carbocycles. The quantitative estimate of drug-likeness (QED) is 0.663. The Balaban J connectivity index is 2.69. The van der Waals surface area contributed by atoms with Crippen molar-refractivity contribution in [3.8, 4) is 11.5 Å². The van der Waals surface area contributed by atoms with Gasteiger partial charge in [0, 0.05) is 13.0 Å².